The van der Waals surface area contributed by atoms with Crippen molar-refractivity contribution in [2.75, 3.05) is 51.2 Å². The van der Waals surface area contributed by atoms with Gasteiger partial charge in [-0.2, -0.15) is 0 Å². The fraction of sp³-hybridized carbons (Fsp3) is 0.667. The van der Waals surface area contributed by atoms with Crippen molar-refractivity contribution in [3.05, 3.63) is 18.0 Å². The van der Waals surface area contributed by atoms with Crippen molar-refractivity contribution in [2.24, 2.45) is 0 Å². The SMILES string of the molecule is CN1CCN(c2nccc(CNC(=O)N3CCCC3)n2)CC1. The smallest absolute Gasteiger partial charge is 0.317 e. The van der Waals surface area contributed by atoms with Gasteiger partial charge in [0.15, 0.2) is 0 Å². The number of nitrogens with one attached hydrogen (secondary N) is 1. The predicted molar refractivity (Wildman–Crippen MR) is 84.8 cm³/mol. The zero-order valence-corrected chi connectivity index (χ0v) is 13.2. The molecule has 0 atom stereocenters. The number of urea groups is 1. The quantitative estimate of drug-likeness (QED) is 0.883. The number of carbonyl (C=O) groups is 1. The van der Waals surface area contributed by atoms with Gasteiger partial charge in [0, 0.05) is 45.5 Å². The van der Waals surface area contributed by atoms with Crippen molar-refractivity contribution < 1.29 is 4.79 Å². The van der Waals surface area contributed by atoms with Gasteiger partial charge in [0.1, 0.15) is 0 Å². The van der Waals surface area contributed by atoms with Crippen LogP contribution in [0.15, 0.2) is 12.3 Å². The summed E-state index contributed by atoms with van der Waals surface area (Å²) in [4.78, 5) is 27.3. The molecule has 0 unspecified atom stereocenters. The number of likely N-dealkylation sites (tertiary alicyclic amines) is 1. The first-order valence-corrected chi connectivity index (χ1v) is 8.00. The van der Waals surface area contributed by atoms with Crippen molar-refractivity contribution in [3.63, 3.8) is 0 Å². The van der Waals surface area contributed by atoms with Gasteiger partial charge in [-0.1, -0.05) is 0 Å². The topological polar surface area (TPSA) is 64.6 Å². The molecule has 7 heteroatoms. The number of piperazine rings is 1. The van der Waals surface area contributed by atoms with Crippen LogP contribution >= 0.6 is 0 Å². The minimum Gasteiger partial charge on any atom is -0.338 e. The van der Waals surface area contributed by atoms with E-state index in [1.165, 1.54) is 0 Å². The van der Waals surface area contributed by atoms with Gasteiger partial charge in [-0.3, -0.25) is 0 Å². The molecule has 1 N–H and O–H groups in total. The lowest BCUT2D eigenvalue weighted by atomic mass is 10.3. The molecule has 0 radical (unpaired) electrons. The van der Waals surface area contributed by atoms with Gasteiger partial charge in [-0.15, -0.1) is 0 Å². The van der Waals surface area contributed by atoms with Crippen LogP contribution < -0.4 is 10.2 Å². The van der Waals surface area contributed by atoms with Crippen molar-refractivity contribution in [1.29, 1.82) is 0 Å². The first-order chi connectivity index (χ1) is 10.7. The summed E-state index contributed by atoms with van der Waals surface area (Å²) in [6.45, 7) is 6.13. The highest BCUT2D eigenvalue weighted by atomic mass is 16.2. The fourth-order valence-electron chi connectivity index (χ4n) is 2.84. The fourth-order valence-corrected chi connectivity index (χ4v) is 2.84. The summed E-state index contributed by atoms with van der Waals surface area (Å²) in [5, 5.41) is 2.95. The average Bonchev–Trinajstić information content (AvgIpc) is 3.08. The number of carbonyl (C=O) groups excluding carboxylic acids is 1. The Kier molecular flexibility index (Phi) is 4.72. The number of hydrogen-bond acceptors (Lipinski definition) is 5. The van der Waals surface area contributed by atoms with E-state index in [-0.39, 0.29) is 6.03 Å². The zero-order valence-electron chi connectivity index (χ0n) is 13.2. The summed E-state index contributed by atoms with van der Waals surface area (Å²) in [5.41, 5.74) is 0.858. The largest absolute Gasteiger partial charge is 0.338 e. The molecule has 0 saturated carbocycles. The summed E-state index contributed by atoms with van der Waals surface area (Å²) in [6, 6.07) is 1.88. The molecule has 2 amide bonds. The molecule has 0 bridgehead atoms. The Bertz CT molecular complexity index is 509. The number of hydrogen-bond donors (Lipinski definition) is 1. The van der Waals surface area contributed by atoms with E-state index in [9.17, 15) is 4.79 Å². The van der Waals surface area contributed by atoms with Gasteiger partial charge in [0.05, 0.1) is 12.2 Å². The minimum absolute atomic E-state index is 0.0114. The van der Waals surface area contributed by atoms with E-state index in [2.05, 4.69) is 32.1 Å². The number of likely N-dealkylation sites (N-methyl/N-ethyl adjacent to an activating group) is 1. The van der Waals surface area contributed by atoms with Crippen LogP contribution in [0.5, 0.6) is 0 Å². The van der Waals surface area contributed by atoms with E-state index < -0.39 is 0 Å². The van der Waals surface area contributed by atoms with Gasteiger partial charge in [0.25, 0.3) is 0 Å². The number of nitrogens with zero attached hydrogens (tertiary/aromatic N) is 5. The molecule has 120 valence electrons. The first-order valence-electron chi connectivity index (χ1n) is 8.00. The van der Waals surface area contributed by atoms with Gasteiger partial charge < -0.3 is 20.0 Å². The Balaban J connectivity index is 1.55. The summed E-state index contributed by atoms with van der Waals surface area (Å²) >= 11 is 0. The number of amides is 2. The summed E-state index contributed by atoms with van der Waals surface area (Å²) in [5.74, 6) is 0.765. The van der Waals surface area contributed by atoms with Gasteiger partial charge >= 0.3 is 6.03 Å². The maximum atomic E-state index is 12.0. The summed E-state index contributed by atoms with van der Waals surface area (Å²) < 4.78 is 0. The van der Waals surface area contributed by atoms with E-state index >= 15 is 0 Å². The lowest BCUT2D eigenvalue weighted by Crippen LogP contribution is -2.45. The van der Waals surface area contributed by atoms with Crippen molar-refractivity contribution in [3.8, 4) is 0 Å². The molecule has 22 heavy (non-hydrogen) atoms. The van der Waals surface area contributed by atoms with E-state index in [4.69, 9.17) is 0 Å². The third-order valence-electron chi connectivity index (χ3n) is 4.30. The van der Waals surface area contributed by atoms with Gasteiger partial charge in [0.2, 0.25) is 5.95 Å². The van der Waals surface area contributed by atoms with Crippen LogP contribution in [0.4, 0.5) is 10.7 Å². The van der Waals surface area contributed by atoms with Crippen molar-refractivity contribution in [2.45, 2.75) is 19.4 Å². The molecule has 0 spiro atoms. The standard InChI is InChI=1S/C15H24N6O/c1-19-8-10-20(11-9-19)14-16-5-4-13(18-14)12-17-15(22)21-6-2-3-7-21/h4-5H,2-3,6-12H2,1H3,(H,17,22). The molecule has 2 saturated heterocycles. The third kappa shape index (κ3) is 3.65. The van der Waals surface area contributed by atoms with E-state index in [0.29, 0.717) is 6.54 Å². The highest BCUT2D eigenvalue weighted by Crippen LogP contribution is 2.11. The third-order valence-corrected chi connectivity index (χ3v) is 4.30. The average molecular weight is 304 g/mol. The Labute approximate surface area is 131 Å². The predicted octanol–water partition coefficient (Wildman–Crippen LogP) is 0.534. The molecule has 2 fully saturated rings. The van der Waals surface area contributed by atoms with Gasteiger partial charge in [-0.05, 0) is 26.0 Å². The molecule has 1 aromatic heterocycles. The maximum Gasteiger partial charge on any atom is 0.317 e. The van der Waals surface area contributed by atoms with Crippen LogP contribution in [0.25, 0.3) is 0 Å². The zero-order chi connectivity index (χ0) is 15.4. The second-order valence-corrected chi connectivity index (χ2v) is 5.99. The Morgan fingerprint density at radius 2 is 1.91 bits per heavy atom. The summed E-state index contributed by atoms with van der Waals surface area (Å²) in [6.07, 6.45) is 3.99. The van der Waals surface area contributed by atoms with Crippen LogP contribution in [0.3, 0.4) is 0 Å². The van der Waals surface area contributed by atoms with E-state index in [0.717, 1.165) is 63.8 Å². The summed E-state index contributed by atoms with van der Waals surface area (Å²) in [7, 11) is 2.13. The lowest BCUT2D eigenvalue weighted by Gasteiger charge is -2.32. The van der Waals surface area contributed by atoms with Gasteiger partial charge in [-0.25, -0.2) is 14.8 Å². The minimum atomic E-state index is 0.0114. The monoisotopic (exact) mass is 304 g/mol. The number of rotatable bonds is 3. The molecule has 3 heterocycles. The van der Waals surface area contributed by atoms with Crippen molar-refractivity contribution >= 4 is 12.0 Å². The molecule has 3 rings (SSSR count). The molecule has 0 aromatic carbocycles. The van der Waals surface area contributed by atoms with Crippen LogP contribution in [-0.2, 0) is 6.54 Å². The highest BCUT2D eigenvalue weighted by Gasteiger charge is 2.18. The Hall–Kier alpha value is -1.89. The lowest BCUT2D eigenvalue weighted by molar-refractivity contribution is 0.208. The normalized spacial score (nSPS) is 19.5. The number of anilines is 1. The molecular formula is C15H24N6O. The molecule has 2 aliphatic heterocycles. The number of aromatic nitrogens is 2. The van der Waals surface area contributed by atoms with Crippen LogP contribution in [0.2, 0.25) is 0 Å². The van der Waals surface area contributed by atoms with Crippen LogP contribution in [0, 0.1) is 0 Å². The molecule has 1 aromatic rings. The molecule has 0 aliphatic carbocycles. The maximum absolute atomic E-state index is 12.0. The molecular weight excluding hydrogens is 280 g/mol. The highest BCUT2D eigenvalue weighted by molar-refractivity contribution is 5.74. The van der Waals surface area contributed by atoms with Crippen LogP contribution in [0.1, 0.15) is 18.5 Å². The second kappa shape index (κ2) is 6.91. The molecule has 2 aliphatic rings. The molecule has 7 nitrogen and oxygen atoms in total. The van der Waals surface area contributed by atoms with Crippen molar-refractivity contribution in [1.82, 2.24) is 25.1 Å². The van der Waals surface area contributed by atoms with E-state index in [1.807, 2.05) is 11.0 Å². The van der Waals surface area contributed by atoms with Crippen LogP contribution in [-0.4, -0.2) is 72.1 Å². The Morgan fingerprint density at radius 3 is 2.64 bits per heavy atom. The second-order valence-electron chi connectivity index (χ2n) is 5.99. The van der Waals surface area contributed by atoms with E-state index in [1.54, 1.807) is 6.20 Å². The first kappa shape index (κ1) is 15.0. The Morgan fingerprint density at radius 1 is 1.18 bits per heavy atom.